The Morgan fingerprint density at radius 3 is 2.07 bits per heavy atom. The first kappa shape index (κ1) is 22.4. The molecule has 0 radical (unpaired) electrons. The third kappa shape index (κ3) is 6.07. The topological polar surface area (TPSA) is 72.2 Å². The van der Waals surface area contributed by atoms with Crippen molar-refractivity contribution in [3.05, 3.63) is 60.2 Å². The summed E-state index contributed by atoms with van der Waals surface area (Å²) >= 11 is 0. The first-order valence-electron chi connectivity index (χ1n) is 9.77. The van der Waals surface area contributed by atoms with Gasteiger partial charge >= 0.3 is 0 Å². The first-order chi connectivity index (χ1) is 13.5. The zero-order chi connectivity index (χ0) is 21.7. The maximum Gasteiger partial charge on any atom is 0.251 e. The molecule has 2 rings (SSSR count). The zero-order valence-corrected chi connectivity index (χ0v) is 18.9. The van der Waals surface area contributed by atoms with Gasteiger partial charge in [0.25, 0.3) is 5.91 Å². The molecule has 152 valence electrons. The van der Waals surface area contributed by atoms with Crippen molar-refractivity contribution < 1.29 is 9.59 Å². The van der Waals surface area contributed by atoms with Crippen LogP contribution in [0.4, 0.5) is 0 Å². The fourth-order valence-corrected chi connectivity index (χ4v) is 3.39. The molecule has 29 heavy (non-hydrogen) atoms. The molecule has 1 atom stereocenters. The van der Waals surface area contributed by atoms with Crippen LogP contribution >= 0.6 is 0 Å². The molecule has 0 bridgehead atoms. The Kier molecular flexibility index (Phi) is 7.05. The van der Waals surface area contributed by atoms with Gasteiger partial charge in [-0.3, -0.25) is 9.59 Å². The molecule has 2 amide bonds. The Labute approximate surface area is 174 Å². The van der Waals surface area contributed by atoms with Crippen molar-refractivity contribution >= 4 is 19.9 Å². The zero-order valence-electron chi connectivity index (χ0n) is 17.9. The van der Waals surface area contributed by atoms with Crippen LogP contribution in [0.15, 0.2) is 54.6 Å². The highest BCUT2D eigenvalue weighted by atomic mass is 28.3. The van der Waals surface area contributed by atoms with Gasteiger partial charge in [-0.25, -0.2) is 0 Å². The molecule has 2 aromatic carbocycles. The van der Waals surface area contributed by atoms with Gasteiger partial charge in [-0.15, -0.1) is 11.5 Å². The summed E-state index contributed by atoms with van der Waals surface area (Å²) in [5.41, 5.74) is 11.4. The first-order valence-corrected chi connectivity index (χ1v) is 12.8. The molecule has 5 heteroatoms. The molecular weight excluding hydrogens is 376 g/mol. The summed E-state index contributed by atoms with van der Waals surface area (Å²) in [7, 11) is -1.77. The average molecular weight is 407 g/mol. The van der Waals surface area contributed by atoms with Gasteiger partial charge < -0.3 is 11.1 Å². The van der Waals surface area contributed by atoms with E-state index in [9.17, 15) is 9.59 Å². The van der Waals surface area contributed by atoms with E-state index in [4.69, 9.17) is 5.73 Å². The number of nitrogens with one attached hydrogen (secondary N) is 1. The van der Waals surface area contributed by atoms with Gasteiger partial charge in [-0.2, -0.15) is 0 Å². The molecule has 0 aliphatic rings. The van der Waals surface area contributed by atoms with E-state index < -0.39 is 20.0 Å². The summed E-state index contributed by atoms with van der Waals surface area (Å²) in [6, 6.07) is 16.4. The lowest BCUT2D eigenvalue weighted by Gasteiger charge is -2.31. The number of nitrogens with two attached hydrogens (primary N) is 1. The van der Waals surface area contributed by atoms with E-state index in [0.717, 1.165) is 11.1 Å². The second-order valence-corrected chi connectivity index (χ2v) is 13.8. The van der Waals surface area contributed by atoms with Gasteiger partial charge in [0.2, 0.25) is 5.91 Å². The van der Waals surface area contributed by atoms with Crippen LogP contribution in [-0.4, -0.2) is 25.9 Å². The summed E-state index contributed by atoms with van der Waals surface area (Å²) in [6.07, 6.45) is 0.218. The molecule has 0 aliphatic carbocycles. The van der Waals surface area contributed by atoms with Crippen molar-refractivity contribution in [1.82, 2.24) is 5.32 Å². The minimum Gasteiger partial charge on any atom is -0.368 e. The Morgan fingerprint density at radius 1 is 1.00 bits per heavy atom. The third-order valence-corrected chi connectivity index (χ3v) is 10.0. The summed E-state index contributed by atoms with van der Waals surface area (Å²) in [5, 5.41) is 2.85. The molecule has 2 aromatic rings. The molecule has 0 spiro atoms. The fourth-order valence-electron chi connectivity index (χ4n) is 2.47. The van der Waals surface area contributed by atoms with Crippen LogP contribution in [0.1, 0.15) is 37.6 Å². The van der Waals surface area contributed by atoms with Crippen molar-refractivity contribution in [2.45, 2.75) is 51.4 Å². The molecule has 0 unspecified atom stereocenters. The number of hydrogen-bond donors (Lipinski definition) is 2. The number of amides is 2. The molecular formula is C24H30N2O2Si. The minimum absolute atomic E-state index is 0.131. The molecule has 0 saturated carbocycles. The normalized spacial score (nSPS) is 12.4. The van der Waals surface area contributed by atoms with Crippen LogP contribution in [0.25, 0.3) is 11.1 Å². The Hall–Kier alpha value is -2.84. The number of rotatable bonds is 5. The van der Waals surface area contributed by atoms with E-state index in [1.54, 1.807) is 12.1 Å². The predicted molar refractivity (Wildman–Crippen MR) is 122 cm³/mol. The lowest BCUT2D eigenvalue weighted by molar-refractivity contribution is -0.119. The number of carbonyl (C=O) groups is 2. The molecule has 0 aliphatic heterocycles. The van der Waals surface area contributed by atoms with Crippen molar-refractivity contribution in [3.8, 4) is 22.6 Å². The number of carbonyl (C=O) groups excluding carboxylic acids is 2. The van der Waals surface area contributed by atoms with Gasteiger partial charge in [0.05, 0.1) is 0 Å². The maximum absolute atomic E-state index is 12.6. The summed E-state index contributed by atoms with van der Waals surface area (Å²) in [6.45, 7) is 10.9. The SMILES string of the molecule is CC(C)(C)[Si](C)(C)C#CC[C@@H](NC(=O)c1ccc(-c2ccccc2)cc1)C(N)=O. The van der Waals surface area contributed by atoms with Crippen LogP contribution in [0.3, 0.4) is 0 Å². The van der Waals surface area contributed by atoms with Crippen molar-refractivity contribution in [2.75, 3.05) is 0 Å². The summed E-state index contributed by atoms with van der Waals surface area (Å²) < 4.78 is 0. The maximum atomic E-state index is 12.6. The summed E-state index contributed by atoms with van der Waals surface area (Å²) in [4.78, 5) is 24.4. The van der Waals surface area contributed by atoms with Crippen LogP contribution < -0.4 is 11.1 Å². The van der Waals surface area contributed by atoms with Gasteiger partial charge in [0.1, 0.15) is 14.1 Å². The Balaban J connectivity index is 2.08. The highest BCUT2D eigenvalue weighted by Crippen LogP contribution is 2.35. The van der Waals surface area contributed by atoms with Crippen LogP contribution in [0, 0.1) is 11.5 Å². The Morgan fingerprint density at radius 2 is 1.55 bits per heavy atom. The number of benzene rings is 2. The van der Waals surface area contributed by atoms with E-state index in [2.05, 4.69) is 50.6 Å². The van der Waals surface area contributed by atoms with Gasteiger partial charge in [0.15, 0.2) is 0 Å². The average Bonchev–Trinajstić information content (AvgIpc) is 2.66. The molecule has 0 fully saturated rings. The van der Waals surface area contributed by atoms with Crippen LogP contribution in [-0.2, 0) is 4.79 Å². The van der Waals surface area contributed by atoms with E-state index in [-0.39, 0.29) is 17.4 Å². The molecule has 4 nitrogen and oxygen atoms in total. The Bertz CT molecular complexity index is 917. The van der Waals surface area contributed by atoms with Crippen LogP contribution in [0.5, 0.6) is 0 Å². The predicted octanol–water partition coefficient (Wildman–Crippen LogP) is 4.38. The lowest BCUT2D eigenvalue weighted by Crippen LogP contribution is -2.44. The van der Waals surface area contributed by atoms with Gasteiger partial charge in [-0.05, 0) is 28.3 Å². The number of hydrogen-bond acceptors (Lipinski definition) is 2. The monoisotopic (exact) mass is 406 g/mol. The molecule has 0 heterocycles. The van der Waals surface area contributed by atoms with E-state index in [0.29, 0.717) is 5.56 Å². The highest BCUT2D eigenvalue weighted by molar-refractivity contribution is 6.87. The van der Waals surface area contributed by atoms with Gasteiger partial charge in [-0.1, -0.05) is 76.3 Å². The summed E-state index contributed by atoms with van der Waals surface area (Å²) in [5.74, 6) is 2.19. The van der Waals surface area contributed by atoms with E-state index in [1.807, 2.05) is 42.5 Å². The molecule has 0 saturated heterocycles. The second-order valence-electron chi connectivity index (χ2n) is 8.75. The molecule has 3 N–H and O–H groups in total. The van der Waals surface area contributed by atoms with Crippen molar-refractivity contribution in [2.24, 2.45) is 5.73 Å². The molecule has 0 aromatic heterocycles. The lowest BCUT2D eigenvalue weighted by atomic mass is 10.0. The van der Waals surface area contributed by atoms with E-state index in [1.165, 1.54) is 0 Å². The largest absolute Gasteiger partial charge is 0.368 e. The van der Waals surface area contributed by atoms with Gasteiger partial charge in [0, 0.05) is 12.0 Å². The van der Waals surface area contributed by atoms with Crippen LogP contribution in [0.2, 0.25) is 18.1 Å². The van der Waals surface area contributed by atoms with E-state index >= 15 is 0 Å². The smallest absolute Gasteiger partial charge is 0.251 e. The number of primary amides is 1. The standard InChI is InChI=1S/C24H30N2O2Si/c1-24(2,3)29(4,5)17-9-12-21(22(25)27)26-23(28)20-15-13-19(14-16-20)18-10-7-6-8-11-18/h6-8,10-11,13-16,21H,12H2,1-5H3,(H2,25,27)(H,26,28)/t21-/m1/s1. The van der Waals surface area contributed by atoms with Crippen molar-refractivity contribution in [3.63, 3.8) is 0 Å². The second kappa shape index (κ2) is 9.10. The quantitative estimate of drug-likeness (QED) is 0.571. The van der Waals surface area contributed by atoms with Crippen molar-refractivity contribution in [1.29, 1.82) is 0 Å². The minimum atomic E-state index is -1.77. The fraction of sp³-hybridized carbons (Fsp3) is 0.333. The highest BCUT2D eigenvalue weighted by Gasteiger charge is 2.33. The third-order valence-electron chi connectivity index (χ3n) is 5.49.